The molecule has 4 aromatic rings. The Kier molecular flexibility index (Phi) is 7.19. The van der Waals surface area contributed by atoms with Crippen LogP contribution in [0.5, 0.6) is 0 Å². The molecule has 0 aliphatic carbocycles. The molecule has 7 nitrogen and oxygen atoms in total. The third-order valence-electron chi connectivity index (χ3n) is 4.54. The summed E-state index contributed by atoms with van der Waals surface area (Å²) in [5.41, 5.74) is 9.54. The number of aliphatic imine (C=N–C) groups is 1. The number of ether oxygens (including phenoxy) is 1. The summed E-state index contributed by atoms with van der Waals surface area (Å²) in [6.45, 7) is 0.926. The first-order chi connectivity index (χ1) is 16.2. The number of nitrogen functional groups attached to an aromatic ring is 1. The summed E-state index contributed by atoms with van der Waals surface area (Å²) in [5, 5.41) is 5.99. The Hall–Kier alpha value is -4.30. The van der Waals surface area contributed by atoms with Crippen molar-refractivity contribution < 1.29 is 9.13 Å². The number of nitrogens with one attached hydrogen (secondary N) is 2. The van der Waals surface area contributed by atoms with Crippen molar-refractivity contribution in [1.29, 1.82) is 0 Å². The van der Waals surface area contributed by atoms with E-state index in [9.17, 15) is 4.39 Å². The zero-order valence-corrected chi connectivity index (χ0v) is 17.8. The Bertz CT molecular complexity index is 1230. The molecule has 0 amide bonds. The van der Waals surface area contributed by atoms with Crippen molar-refractivity contribution in [2.45, 2.75) is 6.61 Å². The van der Waals surface area contributed by atoms with Crippen molar-refractivity contribution in [3.63, 3.8) is 0 Å². The molecule has 1 aromatic heterocycles. The minimum Gasteiger partial charge on any atom is -0.399 e. The smallest absolute Gasteiger partial charge is 0.229 e. The van der Waals surface area contributed by atoms with E-state index in [2.05, 4.69) is 25.6 Å². The minimum atomic E-state index is -0.572. The number of anilines is 5. The van der Waals surface area contributed by atoms with Gasteiger partial charge in [-0.25, -0.2) is 9.37 Å². The van der Waals surface area contributed by atoms with E-state index in [1.807, 2.05) is 54.6 Å². The van der Waals surface area contributed by atoms with E-state index in [0.717, 1.165) is 23.1 Å². The normalized spacial score (nSPS) is 10.9. The van der Waals surface area contributed by atoms with Crippen LogP contribution in [0.25, 0.3) is 0 Å². The van der Waals surface area contributed by atoms with E-state index in [1.165, 1.54) is 0 Å². The zero-order valence-electron chi connectivity index (χ0n) is 17.8. The summed E-state index contributed by atoms with van der Waals surface area (Å²) in [7, 11) is 0. The van der Waals surface area contributed by atoms with E-state index in [1.54, 1.807) is 30.5 Å². The average molecular weight is 442 g/mol. The predicted molar refractivity (Wildman–Crippen MR) is 130 cm³/mol. The van der Waals surface area contributed by atoms with Crippen LogP contribution in [0.15, 0.2) is 90.1 Å². The fourth-order valence-corrected chi connectivity index (χ4v) is 3.01. The van der Waals surface area contributed by atoms with Crippen molar-refractivity contribution in [3.8, 4) is 0 Å². The van der Waals surface area contributed by atoms with Crippen LogP contribution < -0.4 is 16.4 Å². The van der Waals surface area contributed by atoms with E-state index in [-0.39, 0.29) is 11.8 Å². The lowest BCUT2D eigenvalue weighted by molar-refractivity contribution is 0.160. The molecule has 0 radical (unpaired) electrons. The van der Waals surface area contributed by atoms with Crippen LogP contribution in [0.3, 0.4) is 0 Å². The molecule has 1 heterocycles. The summed E-state index contributed by atoms with van der Waals surface area (Å²) in [6.07, 6.45) is 2.82. The highest BCUT2D eigenvalue weighted by Gasteiger charge is 2.08. The summed E-state index contributed by atoms with van der Waals surface area (Å²) in [5.74, 6) is -0.283. The molecule has 4 rings (SSSR count). The molecule has 0 saturated carbocycles. The molecule has 0 aliphatic rings. The van der Waals surface area contributed by atoms with Crippen LogP contribution in [-0.2, 0) is 11.3 Å². The molecule has 3 aromatic carbocycles. The molecule has 0 spiro atoms. The summed E-state index contributed by atoms with van der Waals surface area (Å²) >= 11 is 0. The fourth-order valence-electron chi connectivity index (χ4n) is 3.01. The Morgan fingerprint density at radius 2 is 1.73 bits per heavy atom. The minimum absolute atomic E-state index is 0.0443. The number of nitrogens with two attached hydrogens (primary N) is 1. The Balaban J connectivity index is 1.36. The number of hydrogen-bond acceptors (Lipinski definition) is 7. The molecule has 0 aliphatic heterocycles. The van der Waals surface area contributed by atoms with Crippen LogP contribution in [0.2, 0.25) is 0 Å². The van der Waals surface area contributed by atoms with Gasteiger partial charge in [0.2, 0.25) is 5.95 Å². The number of benzene rings is 3. The average Bonchev–Trinajstić information content (AvgIpc) is 2.82. The second kappa shape index (κ2) is 10.8. The number of hydrogen-bond donors (Lipinski definition) is 3. The molecule has 33 heavy (non-hydrogen) atoms. The number of halogens is 1. The maximum Gasteiger partial charge on any atom is 0.229 e. The molecular weight excluding hydrogens is 419 g/mol. The van der Waals surface area contributed by atoms with Gasteiger partial charge in [0, 0.05) is 23.3 Å². The van der Waals surface area contributed by atoms with Gasteiger partial charge in [0.1, 0.15) is 0 Å². The maximum atomic E-state index is 14.2. The van der Waals surface area contributed by atoms with Crippen molar-refractivity contribution in [2.75, 3.05) is 23.0 Å². The highest BCUT2D eigenvalue weighted by atomic mass is 19.1. The second-order valence-electron chi connectivity index (χ2n) is 7.13. The lowest BCUT2D eigenvalue weighted by atomic mass is 10.2. The van der Waals surface area contributed by atoms with Crippen molar-refractivity contribution in [3.05, 3.63) is 96.4 Å². The van der Waals surface area contributed by atoms with Gasteiger partial charge in [-0.2, -0.15) is 4.98 Å². The molecule has 0 atom stereocenters. The lowest BCUT2D eigenvalue weighted by Crippen LogP contribution is -2.03. The lowest BCUT2D eigenvalue weighted by Gasteiger charge is -2.10. The van der Waals surface area contributed by atoms with Gasteiger partial charge < -0.3 is 21.1 Å². The summed E-state index contributed by atoms with van der Waals surface area (Å²) in [4.78, 5) is 12.7. The first kappa shape index (κ1) is 21.9. The fraction of sp³-hybridized carbons (Fsp3) is 0.0800. The van der Waals surface area contributed by atoms with Crippen molar-refractivity contribution in [2.24, 2.45) is 4.99 Å². The topological polar surface area (TPSA) is 97.5 Å². The van der Waals surface area contributed by atoms with Crippen molar-refractivity contribution >= 4 is 40.7 Å². The Morgan fingerprint density at radius 1 is 0.939 bits per heavy atom. The van der Waals surface area contributed by atoms with Gasteiger partial charge in [-0.15, -0.1) is 0 Å². The Morgan fingerprint density at radius 3 is 2.55 bits per heavy atom. The van der Waals surface area contributed by atoms with E-state index >= 15 is 0 Å². The third kappa shape index (κ3) is 6.59. The molecule has 166 valence electrons. The van der Waals surface area contributed by atoms with E-state index in [4.69, 9.17) is 10.5 Å². The zero-order chi connectivity index (χ0) is 22.9. The highest BCUT2D eigenvalue weighted by molar-refractivity contribution is 5.68. The van der Waals surface area contributed by atoms with Gasteiger partial charge >= 0.3 is 0 Å². The first-order valence-corrected chi connectivity index (χ1v) is 10.3. The molecule has 4 N–H and O–H groups in total. The largest absolute Gasteiger partial charge is 0.399 e. The number of rotatable bonds is 9. The van der Waals surface area contributed by atoms with Gasteiger partial charge in [-0.1, -0.05) is 42.5 Å². The highest BCUT2D eigenvalue weighted by Crippen LogP contribution is 2.23. The molecular formula is C25H23FN6O. The number of nitrogens with zero attached hydrogens (tertiary/aromatic N) is 3. The van der Waals surface area contributed by atoms with E-state index < -0.39 is 5.82 Å². The maximum absolute atomic E-state index is 14.2. The summed E-state index contributed by atoms with van der Waals surface area (Å²) < 4.78 is 19.8. The molecule has 0 saturated heterocycles. The van der Waals surface area contributed by atoms with Crippen LogP contribution in [0.4, 0.5) is 38.9 Å². The van der Waals surface area contributed by atoms with Crippen LogP contribution in [-0.4, -0.2) is 22.8 Å². The first-order valence-electron chi connectivity index (χ1n) is 10.3. The summed E-state index contributed by atoms with van der Waals surface area (Å²) in [6, 6.07) is 24.4. The van der Waals surface area contributed by atoms with E-state index in [0.29, 0.717) is 24.6 Å². The third-order valence-corrected chi connectivity index (χ3v) is 4.54. The SMILES string of the molecule is Nc1cccc(Nc2nc(Nc3cccc(N=CCOCc4ccccc4)c3)ncc2F)c1. The van der Waals surface area contributed by atoms with Gasteiger partial charge in [0.05, 0.1) is 25.1 Å². The van der Waals surface area contributed by atoms with Crippen molar-refractivity contribution in [1.82, 2.24) is 9.97 Å². The van der Waals surface area contributed by atoms with Gasteiger partial charge in [0.25, 0.3) is 0 Å². The van der Waals surface area contributed by atoms with Crippen LogP contribution >= 0.6 is 0 Å². The molecule has 0 bridgehead atoms. The number of aromatic nitrogens is 2. The van der Waals surface area contributed by atoms with Gasteiger partial charge in [0.15, 0.2) is 11.6 Å². The standard InChI is InChI=1S/C25H23FN6O/c26-23-16-29-25(32-24(23)30-21-10-4-8-19(27)14-21)31-22-11-5-9-20(15-22)28-12-13-33-17-18-6-2-1-3-7-18/h1-12,14-16H,13,17,27H2,(H2,29,30,31,32). The molecule has 0 fully saturated rings. The molecule has 8 heteroatoms. The second-order valence-corrected chi connectivity index (χ2v) is 7.13. The predicted octanol–water partition coefficient (Wildman–Crippen LogP) is 5.60. The van der Waals surface area contributed by atoms with Crippen LogP contribution in [0.1, 0.15) is 5.56 Å². The van der Waals surface area contributed by atoms with Gasteiger partial charge in [-0.05, 0) is 42.0 Å². The monoisotopic (exact) mass is 442 g/mol. The quantitative estimate of drug-likeness (QED) is 0.177. The van der Waals surface area contributed by atoms with Gasteiger partial charge in [-0.3, -0.25) is 4.99 Å². The van der Waals surface area contributed by atoms with Crippen LogP contribution in [0, 0.1) is 5.82 Å². The molecule has 0 unspecified atom stereocenters. The Labute approximate surface area is 191 Å².